The van der Waals surface area contributed by atoms with Gasteiger partial charge in [-0.25, -0.2) is 8.42 Å². The first-order valence-corrected chi connectivity index (χ1v) is 6.82. The zero-order valence-corrected chi connectivity index (χ0v) is 10.8. The Balaban J connectivity index is 3.19. The molecule has 8 heteroatoms. The zero-order valence-electron chi connectivity index (χ0n) is 9.94. The van der Waals surface area contributed by atoms with E-state index in [0.29, 0.717) is 0 Å². The van der Waals surface area contributed by atoms with Crippen LogP contribution in [0, 0.1) is 10.1 Å². The van der Waals surface area contributed by atoms with Crippen LogP contribution in [-0.2, 0) is 10.0 Å². The predicted molar refractivity (Wildman–Crippen MR) is 66.6 cm³/mol. The molecule has 0 aliphatic carbocycles. The van der Waals surface area contributed by atoms with Crippen LogP contribution in [0.25, 0.3) is 0 Å². The van der Waals surface area contributed by atoms with Crippen LogP contribution in [0.5, 0.6) is 0 Å². The van der Waals surface area contributed by atoms with Gasteiger partial charge in [0.1, 0.15) is 0 Å². The van der Waals surface area contributed by atoms with Gasteiger partial charge in [-0.05, 0) is 6.07 Å². The second kappa shape index (κ2) is 5.89. The molecule has 2 N–H and O–H groups in total. The molecule has 0 radical (unpaired) electrons. The molecule has 18 heavy (non-hydrogen) atoms. The van der Waals surface area contributed by atoms with E-state index in [0.717, 1.165) is 6.07 Å². The third kappa shape index (κ3) is 3.03. The normalized spacial score (nSPS) is 11.7. The van der Waals surface area contributed by atoms with Crippen LogP contribution in [0.1, 0.15) is 6.92 Å². The Kier molecular flexibility index (Phi) is 4.76. The summed E-state index contributed by atoms with van der Waals surface area (Å²) < 4.78 is 25.5. The molecule has 1 rings (SSSR count). The number of hydrogen-bond acceptors (Lipinski definition) is 5. The largest absolute Gasteiger partial charge is 0.329 e. The molecule has 0 unspecified atom stereocenters. The molecular weight excluding hydrogens is 258 g/mol. The summed E-state index contributed by atoms with van der Waals surface area (Å²) in [5.41, 5.74) is 5.09. The number of nitro groups is 1. The molecule has 0 fully saturated rings. The minimum atomic E-state index is -3.72. The van der Waals surface area contributed by atoms with Crippen LogP contribution >= 0.6 is 0 Å². The zero-order chi connectivity index (χ0) is 13.8. The van der Waals surface area contributed by atoms with Gasteiger partial charge >= 0.3 is 0 Å². The van der Waals surface area contributed by atoms with Crippen molar-refractivity contribution in [3.63, 3.8) is 0 Å². The van der Waals surface area contributed by atoms with Gasteiger partial charge in [-0.1, -0.05) is 13.0 Å². The molecular formula is C10H15N3O4S. The molecule has 0 amide bonds. The number of benzene rings is 1. The Morgan fingerprint density at radius 2 is 2.11 bits per heavy atom. The maximum Gasteiger partial charge on any atom is 0.270 e. The Bertz CT molecular complexity index is 530. The van der Waals surface area contributed by atoms with Crippen LogP contribution in [0.4, 0.5) is 5.69 Å². The van der Waals surface area contributed by atoms with Crippen molar-refractivity contribution in [1.29, 1.82) is 0 Å². The number of nitrogens with zero attached hydrogens (tertiary/aromatic N) is 2. The molecule has 0 aliphatic rings. The number of hydrogen-bond donors (Lipinski definition) is 1. The fourth-order valence-electron chi connectivity index (χ4n) is 1.50. The summed E-state index contributed by atoms with van der Waals surface area (Å²) in [6.07, 6.45) is 0. The quantitative estimate of drug-likeness (QED) is 0.602. The van der Waals surface area contributed by atoms with E-state index in [1.165, 1.54) is 22.5 Å². The number of rotatable bonds is 6. The lowest BCUT2D eigenvalue weighted by atomic mass is 10.3. The lowest BCUT2D eigenvalue weighted by molar-refractivity contribution is -0.385. The molecule has 1 aromatic rings. The first-order valence-electron chi connectivity index (χ1n) is 5.38. The molecule has 0 aliphatic heterocycles. The van der Waals surface area contributed by atoms with E-state index in [9.17, 15) is 18.5 Å². The Labute approximate surface area is 105 Å². The Morgan fingerprint density at radius 3 is 2.61 bits per heavy atom. The average Bonchev–Trinajstić information content (AvgIpc) is 2.35. The summed E-state index contributed by atoms with van der Waals surface area (Å²) in [4.78, 5) is 9.90. The van der Waals surface area contributed by atoms with Crippen molar-refractivity contribution in [2.75, 3.05) is 19.6 Å². The van der Waals surface area contributed by atoms with E-state index in [2.05, 4.69) is 0 Å². The molecule has 1 aromatic carbocycles. The summed E-state index contributed by atoms with van der Waals surface area (Å²) in [6, 6.07) is 4.98. The van der Waals surface area contributed by atoms with E-state index in [-0.39, 0.29) is 30.2 Å². The summed E-state index contributed by atoms with van der Waals surface area (Å²) in [5, 5.41) is 10.6. The van der Waals surface area contributed by atoms with Crippen molar-refractivity contribution in [2.24, 2.45) is 5.73 Å². The van der Waals surface area contributed by atoms with E-state index < -0.39 is 14.9 Å². The second-order valence-electron chi connectivity index (χ2n) is 3.54. The highest BCUT2D eigenvalue weighted by Crippen LogP contribution is 2.20. The maximum absolute atomic E-state index is 12.2. The molecule has 0 aromatic heterocycles. The van der Waals surface area contributed by atoms with Crippen LogP contribution in [0.15, 0.2) is 29.2 Å². The van der Waals surface area contributed by atoms with E-state index in [1.54, 1.807) is 6.92 Å². The van der Waals surface area contributed by atoms with Crippen LogP contribution in [-0.4, -0.2) is 37.3 Å². The van der Waals surface area contributed by atoms with Gasteiger partial charge in [0.15, 0.2) is 0 Å². The highest BCUT2D eigenvalue weighted by molar-refractivity contribution is 7.89. The molecule has 0 bridgehead atoms. The van der Waals surface area contributed by atoms with Crippen molar-refractivity contribution in [3.8, 4) is 0 Å². The smallest absolute Gasteiger partial charge is 0.270 e. The number of likely N-dealkylation sites (N-methyl/N-ethyl adjacent to an activating group) is 1. The number of nitrogens with two attached hydrogens (primary N) is 1. The summed E-state index contributed by atoms with van der Waals surface area (Å²) in [5.74, 6) is 0. The van der Waals surface area contributed by atoms with E-state index >= 15 is 0 Å². The summed E-state index contributed by atoms with van der Waals surface area (Å²) in [7, 11) is -3.72. The van der Waals surface area contributed by atoms with Crippen molar-refractivity contribution < 1.29 is 13.3 Å². The molecule has 100 valence electrons. The molecule has 0 saturated carbocycles. The SMILES string of the molecule is CCN(CCN)S(=O)(=O)c1cccc([N+](=O)[O-])c1. The fraction of sp³-hybridized carbons (Fsp3) is 0.400. The van der Waals surface area contributed by atoms with Gasteiger partial charge in [0, 0.05) is 31.8 Å². The first-order chi connectivity index (χ1) is 8.43. The number of sulfonamides is 1. The van der Waals surface area contributed by atoms with Crippen molar-refractivity contribution in [2.45, 2.75) is 11.8 Å². The molecule has 0 atom stereocenters. The van der Waals surface area contributed by atoms with Crippen LogP contribution in [0.2, 0.25) is 0 Å². The lowest BCUT2D eigenvalue weighted by Crippen LogP contribution is -2.35. The van der Waals surface area contributed by atoms with Gasteiger partial charge in [-0.15, -0.1) is 0 Å². The van der Waals surface area contributed by atoms with Crippen molar-refractivity contribution >= 4 is 15.7 Å². The molecule has 0 spiro atoms. The minimum absolute atomic E-state index is 0.0907. The van der Waals surface area contributed by atoms with Crippen LogP contribution < -0.4 is 5.73 Å². The van der Waals surface area contributed by atoms with Crippen LogP contribution in [0.3, 0.4) is 0 Å². The topological polar surface area (TPSA) is 107 Å². The summed E-state index contributed by atoms with van der Waals surface area (Å²) >= 11 is 0. The fourth-order valence-corrected chi connectivity index (χ4v) is 3.00. The minimum Gasteiger partial charge on any atom is -0.329 e. The van der Waals surface area contributed by atoms with Crippen molar-refractivity contribution in [3.05, 3.63) is 34.4 Å². The van der Waals surface area contributed by atoms with E-state index in [4.69, 9.17) is 5.73 Å². The molecule has 0 saturated heterocycles. The maximum atomic E-state index is 12.2. The Morgan fingerprint density at radius 1 is 1.44 bits per heavy atom. The monoisotopic (exact) mass is 273 g/mol. The Hall–Kier alpha value is -1.51. The van der Waals surface area contributed by atoms with E-state index in [1.807, 2.05) is 0 Å². The highest BCUT2D eigenvalue weighted by Gasteiger charge is 2.23. The predicted octanol–water partition coefficient (Wildman–Crippen LogP) is 0.564. The second-order valence-corrected chi connectivity index (χ2v) is 5.48. The molecule has 7 nitrogen and oxygen atoms in total. The van der Waals surface area contributed by atoms with Gasteiger partial charge in [0.25, 0.3) is 5.69 Å². The van der Waals surface area contributed by atoms with Gasteiger partial charge in [-0.3, -0.25) is 10.1 Å². The molecule has 0 heterocycles. The first kappa shape index (κ1) is 14.6. The lowest BCUT2D eigenvalue weighted by Gasteiger charge is -2.19. The van der Waals surface area contributed by atoms with Gasteiger partial charge < -0.3 is 5.73 Å². The van der Waals surface area contributed by atoms with Crippen molar-refractivity contribution in [1.82, 2.24) is 4.31 Å². The standard InChI is InChI=1S/C10H15N3O4S/c1-2-12(7-6-11)18(16,17)10-5-3-4-9(8-10)13(14)15/h3-5,8H,2,6-7,11H2,1H3. The third-order valence-electron chi connectivity index (χ3n) is 2.40. The third-order valence-corrected chi connectivity index (χ3v) is 4.37. The number of nitro benzene ring substituents is 1. The van der Waals surface area contributed by atoms with Gasteiger partial charge in [-0.2, -0.15) is 4.31 Å². The van der Waals surface area contributed by atoms with Gasteiger partial charge in [0.2, 0.25) is 10.0 Å². The highest BCUT2D eigenvalue weighted by atomic mass is 32.2. The summed E-state index contributed by atoms with van der Waals surface area (Å²) in [6.45, 7) is 2.33. The average molecular weight is 273 g/mol. The van der Waals surface area contributed by atoms with Gasteiger partial charge in [0.05, 0.1) is 9.82 Å². The number of non-ortho nitro benzene ring substituents is 1.